The second-order valence-electron chi connectivity index (χ2n) is 3.94. The Balaban J connectivity index is 2.06. The Hall–Kier alpha value is -2.23. The van der Waals surface area contributed by atoms with Crippen molar-refractivity contribution in [2.45, 2.75) is 13.3 Å². The minimum absolute atomic E-state index is 0.0870. The van der Waals surface area contributed by atoms with E-state index in [2.05, 4.69) is 4.98 Å². The van der Waals surface area contributed by atoms with Crippen LogP contribution in [0.3, 0.4) is 0 Å². The Labute approximate surface area is 104 Å². The Morgan fingerprint density at radius 1 is 1.22 bits per heavy atom. The van der Waals surface area contributed by atoms with Gasteiger partial charge in [0.1, 0.15) is 17.3 Å². The second-order valence-corrected chi connectivity index (χ2v) is 3.94. The topological polar surface area (TPSA) is 39.2 Å². The molecule has 0 spiro atoms. The molecule has 1 aromatic carbocycles. The minimum atomic E-state index is -0.313. The van der Waals surface area contributed by atoms with Crippen molar-refractivity contribution in [3.8, 4) is 11.6 Å². The first-order valence-electron chi connectivity index (χ1n) is 5.51. The Bertz CT molecular complexity index is 535. The van der Waals surface area contributed by atoms with Crippen molar-refractivity contribution in [1.29, 1.82) is 0 Å². The number of carbonyl (C=O) groups excluding carboxylic acids is 1. The smallest absolute Gasteiger partial charge is 0.219 e. The first kappa shape index (κ1) is 12.2. The van der Waals surface area contributed by atoms with Crippen molar-refractivity contribution >= 4 is 5.78 Å². The molecule has 0 amide bonds. The fourth-order valence-electron chi connectivity index (χ4n) is 1.49. The lowest BCUT2D eigenvalue weighted by atomic mass is 10.2. The maximum atomic E-state index is 12.7. The van der Waals surface area contributed by atoms with Crippen LogP contribution in [0.15, 0.2) is 42.6 Å². The molecule has 2 rings (SSSR count). The molecule has 0 saturated heterocycles. The lowest BCUT2D eigenvalue weighted by Gasteiger charge is -2.05. The van der Waals surface area contributed by atoms with Gasteiger partial charge in [-0.15, -0.1) is 0 Å². The fraction of sp³-hybridized carbons (Fsp3) is 0.143. The molecule has 3 nitrogen and oxygen atoms in total. The van der Waals surface area contributed by atoms with Crippen LogP contribution in [0.4, 0.5) is 4.39 Å². The molecule has 0 aliphatic rings. The molecule has 0 saturated carbocycles. The quantitative estimate of drug-likeness (QED) is 0.830. The summed E-state index contributed by atoms with van der Waals surface area (Å²) in [6.07, 6.45) is 1.96. The minimum Gasteiger partial charge on any atom is -0.439 e. The zero-order chi connectivity index (χ0) is 13.0. The summed E-state index contributed by atoms with van der Waals surface area (Å²) >= 11 is 0. The van der Waals surface area contributed by atoms with E-state index in [-0.39, 0.29) is 11.6 Å². The van der Waals surface area contributed by atoms with E-state index in [0.29, 0.717) is 18.1 Å². The van der Waals surface area contributed by atoms with E-state index in [0.717, 1.165) is 5.56 Å². The van der Waals surface area contributed by atoms with Gasteiger partial charge in [-0.05, 0) is 36.8 Å². The predicted molar refractivity (Wildman–Crippen MR) is 65.1 cm³/mol. The third kappa shape index (κ3) is 3.38. The van der Waals surface area contributed by atoms with Gasteiger partial charge in [0.25, 0.3) is 0 Å². The van der Waals surface area contributed by atoms with Crippen LogP contribution in [-0.2, 0) is 11.2 Å². The summed E-state index contributed by atoms with van der Waals surface area (Å²) in [5, 5.41) is 0. The van der Waals surface area contributed by atoms with E-state index in [1.165, 1.54) is 31.2 Å². The van der Waals surface area contributed by atoms with E-state index in [1.807, 2.05) is 0 Å². The molecule has 2 aromatic rings. The number of pyridine rings is 1. The average molecular weight is 245 g/mol. The number of nitrogens with zero attached hydrogens (tertiary/aromatic N) is 1. The van der Waals surface area contributed by atoms with Crippen LogP contribution >= 0.6 is 0 Å². The Kier molecular flexibility index (Phi) is 3.67. The zero-order valence-electron chi connectivity index (χ0n) is 9.89. The molecule has 4 heteroatoms. The highest BCUT2D eigenvalue weighted by Crippen LogP contribution is 2.19. The maximum absolute atomic E-state index is 12.7. The number of ether oxygens (including phenoxy) is 1. The highest BCUT2D eigenvalue weighted by atomic mass is 19.1. The standard InChI is InChI=1S/C14H12FNO2/c1-10(17)8-11-2-7-14(16-9-11)18-13-5-3-12(15)4-6-13/h2-7,9H,8H2,1H3. The van der Waals surface area contributed by atoms with Crippen LogP contribution < -0.4 is 4.74 Å². The van der Waals surface area contributed by atoms with Crippen LogP contribution in [0, 0.1) is 5.82 Å². The largest absolute Gasteiger partial charge is 0.439 e. The molecule has 1 heterocycles. The number of Topliss-reactive ketones (excluding diaryl/α,β-unsaturated/α-hetero) is 1. The molecule has 0 atom stereocenters. The van der Waals surface area contributed by atoms with Crippen LogP contribution in [0.5, 0.6) is 11.6 Å². The van der Waals surface area contributed by atoms with Crippen LogP contribution in [0.2, 0.25) is 0 Å². The van der Waals surface area contributed by atoms with Gasteiger partial charge in [0.15, 0.2) is 0 Å². The molecule has 0 N–H and O–H groups in total. The lowest BCUT2D eigenvalue weighted by molar-refractivity contribution is -0.116. The van der Waals surface area contributed by atoms with Gasteiger partial charge in [0.05, 0.1) is 0 Å². The van der Waals surface area contributed by atoms with Crippen molar-refractivity contribution in [3.05, 3.63) is 54.0 Å². The van der Waals surface area contributed by atoms with Gasteiger partial charge in [-0.25, -0.2) is 9.37 Å². The number of rotatable bonds is 4. The van der Waals surface area contributed by atoms with Crippen LogP contribution in [-0.4, -0.2) is 10.8 Å². The number of hydrogen-bond acceptors (Lipinski definition) is 3. The molecule has 0 aliphatic heterocycles. The van der Waals surface area contributed by atoms with E-state index >= 15 is 0 Å². The first-order valence-corrected chi connectivity index (χ1v) is 5.51. The SMILES string of the molecule is CC(=O)Cc1ccc(Oc2ccc(F)cc2)nc1. The molecule has 92 valence electrons. The van der Waals surface area contributed by atoms with E-state index in [1.54, 1.807) is 18.3 Å². The molecule has 0 fully saturated rings. The van der Waals surface area contributed by atoms with E-state index < -0.39 is 0 Å². The van der Waals surface area contributed by atoms with Gasteiger partial charge in [0.2, 0.25) is 5.88 Å². The first-order chi connectivity index (χ1) is 8.63. The molecule has 0 aliphatic carbocycles. The molecule has 1 aromatic heterocycles. The number of benzene rings is 1. The maximum Gasteiger partial charge on any atom is 0.219 e. The van der Waals surface area contributed by atoms with Crippen LogP contribution in [0.25, 0.3) is 0 Å². The van der Waals surface area contributed by atoms with Crippen molar-refractivity contribution in [2.24, 2.45) is 0 Å². The summed E-state index contributed by atoms with van der Waals surface area (Å²) in [5.74, 6) is 0.702. The fourth-order valence-corrected chi connectivity index (χ4v) is 1.49. The molecule has 0 radical (unpaired) electrons. The molecular formula is C14H12FNO2. The monoisotopic (exact) mass is 245 g/mol. The Morgan fingerprint density at radius 3 is 2.50 bits per heavy atom. The zero-order valence-corrected chi connectivity index (χ0v) is 9.89. The van der Waals surface area contributed by atoms with Gasteiger partial charge in [-0.2, -0.15) is 0 Å². The average Bonchev–Trinajstić information content (AvgIpc) is 2.34. The number of aromatic nitrogens is 1. The van der Waals surface area contributed by atoms with E-state index in [9.17, 15) is 9.18 Å². The summed E-state index contributed by atoms with van der Waals surface area (Å²) in [5.41, 5.74) is 0.842. The van der Waals surface area contributed by atoms with Crippen molar-refractivity contribution in [1.82, 2.24) is 4.98 Å². The molecule has 18 heavy (non-hydrogen) atoms. The molecule has 0 bridgehead atoms. The number of halogens is 1. The highest BCUT2D eigenvalue weighted by Gasteiger charge is 2.01. The third-order valence-corrected chi connectivity index (χ3v) is 2.29. The van der Waals surface area contributed by atoms with Crippen molar-refractivity contribution < 1.29 is 13.9 Å². The second kappa shape index (κ2) is 5.40. The summed E-state index contributed by atoms with van der Waals surface area (Å²) < 4.78 is 18.1. The molecular weight excluding hydrogens is 233 g/mol. The lowest BCUT2D eigenvalue weighted by Crippen LogP contribution is -1.97. The van der Waals surface area contributed by atoms with Gasteiger partial charge in [0, 0.05) is 18.7 Å². The van der Waals surface area contributed by atoms with Gasteiger partial charge >= 0.3 is 0 Å². The van der Waals surface area contributed by atoms with Gasteiger partial charge in [-0.1, -0.05) is 6.07 Å². The normalized spacial score (nSPS) is 10.1. The number of hydrogen-bond donors (Lipinski definition) is 0. The van der Waals surface area contributed by atoms with Crippen LogP contribution in [0.1, 0.15) is 12.5 Å². The Morgan fingerprint density at radius 2 is 1.94 bits per heavy atom. The third-order valence-electron chi connectivity index (χ3n) is 2.29. The van der Waals surface area contributed by atoms with Gasteiger partial charge < -0.3 is 4.74 Å². The predicted octanol–water partition coefficient (Wildman–Crippen LogP) is 3.14. The summed E-state index contributed by atoms with van der Waals surface area (Å²) in [6.45, 7) is 1.53. The van der Waals surface area contributed by atoms with Crippen molar-refractivity contribution in [2.75, 3.05) is 0 Å². The van der Waals surface area contributed by atoms with Gasteiger partial charge in [-0.3, -0.25) is 4.79 Å². The summed E-state index contributed by atoms with van der Waals surface area (Å²) in [7, 11) is 0. The molecule has 0 unspecified atom stereocenters. The van der Waals surface area contributed by atoms with Crippen molar-refractivity contribution in [3.63, 3.8) is 0 Å². The summed E-state index contributed by atoms with van der Waals surface area (Å²) in [6, 6.07) is 9.16. The van der Waals surface area contributed by atoms with E-state index in [4.69, 9.17) is 4.74 Å². The highest BCUT2D eigenvalue weighted by molar-refractivity contribution is 5.78. The number of carbonyl (C=O) groups is 1. The number of ketones is 1. The summed E-state index contributed by atoms with van der Waals surface area (Å²) in [4.78, 5) is 15.0.